The van der Waals surface area contributed by atoms with Gasteiger partial charge in [0.2, 0.25) is 0 Å². The van der Waals surface area contributed by atoms with Gasteiger partial charge in [-0.15, -0.1) is 0 Å². The Morgan fingerprint density at radius 3 is 2.71 bits per heavy atom. The zero-order valence-electron chi connectivity index (χ0n) is 13.7. The van der Waals surface area contributed by atoms with Gasteiger partial charge >= 0.3 is 6.01 Å². The van der Waals surface area contributed by atoms with Gasteiger partial charge in [-0.2, -0.15) is 4.98 Å². The molecule has 0 aliphatic rings. The zero-order chi connectivity index (χ0) is 16.9. The topological polar surface area (TPSA) is 76.1 Å². The highest BCUT2D eigenvalue weighted by atomic mass is 32.1. The lowest BCUT2D eigenvalue weighted by Crippen LogP contribution is -2.10. The first-order valence-corrected chi connectivity index (χ1v) is 8.15. The van der Waals surface area contributed by atoms with Crippen LogP contribution in [0.5, 0.6) is 6.01 Å². The minimum Gasteiger partial charge on any atom is -0.467 e. The second kappa shape index (κ2) is 7.33. The summed E-state index contributed by atoms with van der Waals surface area (Å²) in [5.74, 6) is 0.763. The molecule has 0 saturated carbocycles. The molecule has 0 unspecified atom stereocenters. The van der Waals surface area contributed by atoms with Gasteiger partial charge in [0.25, 0.3) is 0 Å². The highest BCUT2D eigenvalue weighted by molar-refractivity contribution is 7.18. The Balaban J connectivity index is 1.71. The summed E-state index contributed by atoms with van der Waals surface area (Å²) in [7, 11) is 5.61. The number of thiazole rings is 1. The van der Waals surface area contributed by atoms with Crippen molar-refractivity contribution in [3.8, 4) is 16.6 Å². The average molecular weight is 342 g/mol. The van der Waals surface area contributed by atoms with Crippen LogP contribution in [0.15, 0.2) is 36.8 Å². The van der Waals surface area contributed by atoms with Crippen LogP contribution in [-0.2, 0) is 6.54 Å². The van der Waals surface area contributed by atoms with E-state index in [0.717, 1.165) is 28.1 Å². The zero-order valence-corrected chi connectivity index (χ0v) is 14.5. The summed E-state index contributed by atoms with van der Waals surface area (Å²) in [5.41, 5.74) is 1.94. The van der Waals surface area contributed by atoms with E-state index in [1.807, 2.05) is 32.4 Å². The lowest BCUT2D eigenvalue weighted by molar-refractivity contribution is 0.380. The summed E-state index contributed by atoms with van der Waals surface area (Å²) in [6, 6.07) is 6.18. The van der Waals surface area contributed by atoms with Crippen molar-refractivity contribution < 1.29 is 4.74 Å². The number of hydrogen-bond donors (Lipinski definition) is 1. The lowest BCUT2D eigenvalue weighted by Gasteiger charge is -2.09. The fourth-order valence-electron chi connectivity index (χ4n) is 2.09. The van der Waals surface area contributed by atoms with Crippen LogP contribution in [0.3, 0.4) is 0 Å². The van der Waals surface area contributed by atoms with E-state index in [4.69, 9.17) is 4.74 Å². The number of pyridine rings is 1. The summed E-state index contributed by atoms with van der Waals surface area (Å²) < 4.78 is 5.05. The Morgan fingerprint density at radius 2 is 2.00 bits per heavy atom. The van der Waals surface area contributed by atoms with Crippen LogP contribution in [0, 0.1) is 0 Å². The number of aromatic nitrogens is 4. The molecule has 3 aromatic heterocycles. The molecule has 3 rings (SSSR count). The Bertz CT molecular complexity index is 802. The Labute approximate surface area is 144 Å². The molecule has 0 aliphatic carbocycles. The minimum atomic E-state index is 0.341. The molecule has 1 N–H and O–H groups in total. The van der Waals surface area contributed by atoms with E-state index in [1.165, 1.54) is 16.9 Å². The van der Waals surface area contributed by atoms with E-state index in [2.05, 4.69) is 36.2 Å². The minimum absolute atomic E-state index is 0.341. The first kappa shape index (κ1) is 16.3. The van der Waals surface area contributed by atoms with Crippen LogP contribution in [-0.4, -0.2) is 46.0 Å². The summed E-state index contributed by atoms with van der Waals surface area (Å²) in [6.07, 6.45) is 5.31. The second-order valence-corrected chi connectivity index (χ2v) is 6.40. The van der Waals surface area contributed by atoms with Gasteiger partial charge in [-0.05, 0) is 31.8 Å². The molecule has 0 amide bonds. The van der Waals surface area contributed by atoms with Gasteiger partial charge in [-0.25, -0.2) is 15.0 Å². The van der Waals surface area contributed by atoms with Crippen LogP contribution in [0.4, 0.5) is 10.9 Å². The van der Waals surface area contributed by atoms with Crippen LogP contribution >= 0.6 is 11.3 Å². The van der Waals surface area contributed by atoms with Gasteiger partial charge in [0, 0.05) is 25.1 Å². The van der Waals surface area contributed by atoms with Crippen molar-refractivity contribution in [2.75, 3.05) is 26.5 Å². The largest absolute Gasteiger partial charge is 0.467 e. The average Bonchev–Trinajstić information content (AvgIpc) is 3.05. The molecule has 0 saturated heterocycles. The molecule has 0 spiro atoms. The van der Waals surface area contributed by atoms with Crippen molar-refractivity contribution >= 4 is 22.3 Å². The molecule has 7 nitrogen and oxygen atoms in total. The quantitative estimate of drug-likeness (QED) is 0.738. The van der Waals surface area contributed by atoms with E-state index >= 15 is 0 Å². The molecule has 124 valence electrons. The first-order valence-electron chi connectivity index (χ1n) is 7.34. The van der Waals surface area contributed by atoms with E-state index in [1.54, 1.807) is 19.5 Å². The van der Waals surface area contributed by atoms with Crippen molar-refractivity contribution in [1.82, 2.24) is 24.8 Å². The number of methoxy groups -OCH3 is 1. The van der Waals surface area contributed by atoms with Gasteiger partial charge in [-0.3, -0.25) is 0 Å². The Kier molecular flexibility index (Phi) is 4.97. The smallest absolute Gasteiger partial charge is 0.316 e. The maximum absolute atomic E-state index is 5.05. The number of nitrogens with zero attached hydrogens (tertiary/aromatic N) is 5. The third kappa shape index (κ3) is 4.03. The van der Waals surface area contributed by atoms with Gasteiger partial charge in [0.05, 0.1) is 17.7 Å². The summed E-state index contributed by atoms with van der Waals surface area (Å²) in [5, 5.41) is 3.97. The molecular weight excluding hydrogens is 324 g/mol. The van der Waals surface area contributed by atoms with E-state index < -0.39 is 0 Å². The molecule has 0 bridgehead atoms. The number of rotatable bonds is 6. The highest BCUT2D eigenvalue weighted by Crippen LogP contribution is 2.29. The highest BCUT2D eigenvalue weighted by Gasteiger charge is 2.08. The number of anilines is 2. The fourth-order valence-corrected chi connectivity index (χ4v) is 2.89. The Morgan fingerprint density at radius 1 is 1.12 bits per heavy atom. The normalized spacial score (nSPS) is 10.8. The van der Waals surface area contributed by atoms with Gasteiger partial charge in [0.1, 0.15) is 5.82 Å². The van der Waals surface area contributed by atoms with Crippen molar-refractivity contribution in [3.63, 3.8) is 0 Å². The second-order valence-electron chi connectivity index (χ2n) is 5.37. The third-order valence-electron chi connectivity index (χ3n) is 3.13. The summed E-state index contributed by atoms with van der Waals surface area (Å²) in [4.78, 5) is 20.1. The van der Waals surface area contributed by atoms with Crippen molar-refractivity contribution in [3.05, 3.63) is 42.4 Å². The summed E-state index contributed by atoms with van der Waals surface area (Å²) >= 11 is 1.50. The first-order chi connectivity index (χ1) is 11.6. The van der Waals surface area contributed by atoms with Gasteiger partial charge in [0.15, 0.2) is 5.13 Å². The standard InChI is InChI=1S/C16H18N6OS/c1-22(2)10-11-4-5-14(18-8-11)21-16-19-9-13(24-16)12-6-7-17-15(20-12)23-3/h4-9H,10H2,1-3H3,(H,18,19,21). The maximum Gasteiger partial charge on any atom is 0.316 e. The molecule has 0 aliphatic heterocycles. The predicted octanol–water partition coefficient (Wildman–Crippen LogP) is 2.81. The fraction of sp³-hybridized carbons (Fsp3) is 0.250. The predicted molar refractivity (Wildman–Crippen MR) is 94.6 cm³/mol. The molecule has 3 aromatic rings. The molecule has 8 heteroatoms. The number of ether oxygens (including phenoxy) is 1. The molecular formula is C16H18N6OS. The molecule has 0 atom stereocenters. The monoisotopic (exact) mass is 342 g/mol. The van der Waals surface area contributed by atoms with Crippen LogP contribution in [0.1, 0.15) is 5.56 Å². The molecule has 3 heterocycles. The van der Waals surface area contributed by atoms with Crippen LogP contribution < -0.4 is 10.1 Å². The van der Waals surface area contributed by atoms with Gasteiger partial charge < -0.3 is 15.0 Å². The van der Waals surface area contributed by atoms with Crippen LogP contribution in [0.2, 0.25) is 0 Å². The molecule has 0 aromatic carbocycles. The Hall–Kier alpha value is -2.58. The number of nitrogens with one attached hydrogen (secondary N) is 1. The van der Waals surface area contributed by atoms with Crippen molar-refractivity contribution in [1.29, 1.82) is 0 Å². The molecule has 24 heavy (non-hydrogen) atoms. The van der Waals surface area contributed by atoms with E-state index in [0.29, 0.717) is 6.01 Å². The SMILES string of the molecule is COc1nccc(-c2cnc(Nc3ccc(CN(C)C)cn3)s2)n1. The molecule has 0 fully saturated rings. The molecule has 0 radical (unpaired) electrons. The maximum atomic E-state index is 5.05. The van der Waals surface area contributed by atoms with E-state index in [9.17, 15) is 0 Å². The van der Waals surface area contributed by atoms with Crippen molar-refractivity contribution in [2.45, 2.75) is 6.54 Å². The third-order valence-corrected chi connectivity index (χ3v) is 4.07. The lowest BCUT2D eigenvalue weighted by atomic mass is 10.3. The van der Waals surface area contributed by atoms with Crippen molar-refractivity contribution in [2.24, 2.45) is 0 Å². The van der Waals surface area contributed by atoms with E-state index in [-0.39, 0.29) is 0 Å². The number of hydrogen-bond acceptors (Lipinski definition) is 8. The van der Waals surface area contributed by atoms with Gasteiger partial charge in [-0.1, -0.05) is 17.4 Å². The summed E-state index contributed by atoms with van der Waals surface area (Å²) in [6.45, 7) is 0.865. The van der Waals surface area contributed by atoms with Crippen LogP contribution in [0.25, 0.3) is 10.6 Å².